The molecule has 1 spiro atoms. The summed E-state index contributed by atoms with van der Waals surface area (Å²) < 4.78 is 0. The van der Waals surface area contributed by atoms with E-state index >= 15 is 0 Å². The first-order valence-corrected chi connectivity index (χ1v) is 12.3. The Morgan fingerprint density at radius 3 is 2.52 bits per heavy atom. The van der Waals surface area contributed by atoms with Crippen LogP contribution in [0.25, 0.3) is 11.3 Å². The van der Waals surface area contributed by atoms with Crippen LogP contribution in [0.4, 0.5) is 5.82 Å². The lowest BCUT2D eigenvalue weighted by Gasteiger charge is -2.39. The van der Waals surface area contributed by atoms with Gasteiger partial charge in [-0.15, -0.1) is 11.3 Å². The third kappa shape index (κ3) is 4.03. The van der Waals surface area contributed by atoms with Gasteiger partial charge in [-0.05, 0) is 37.2 Å². The van der Waals surface area contributed by atoms with Crippen LogP contribution in [-0.2, 0) is 0 Å². The van der Waals surface area contributed by atoms with Crippen molar-refractivity contribution >= 4 is 40.5 Å². The minimum Gasteiger partial charge on any atom is -0.355 e. The molecule has 0 atom stereocenters. The van der Waals surface area contributed by atoms with E-state index in [1.807, 2.05) is 41.5 Å². The van der Waals surface area contributed by atoms with Crippen LogP contribution in [0.3, 0.4) is 0 Å². The predicted octanol–water partition coefficient (Wildman–Crippen LogP) is 6.57. The molecule has 3 heterocycles. The van der Waals surface area contributed by atoms with Gasteiger partial charge >= 0.3 is 0 Å². The summed E-state index contributed by atoms with van der Waals surface area (Å²) >= 11 is 9.77. The Kier molecular flexibility index (Phi) is 5.50. The van der Waals surface area contributed by atoms with Crippen molar-refractivity contribution in [2.24, 2.45) is 5.41 Å². The van der Waals surface area contributed by atoms with Crippen LogP contribution in [0.15, 0.2) is 51.4 Å². The van der Waals surface area contributed by atoms with E-state index in [0.29, 0.717) is 10.4 Å². The first kappa shape index (κ1) is 19.3. The summed E-state index contributed by atoms with van der Waals surface area (Å²) in [5.74, 6) is 0.990. The van der Waals surface area contributed by atoms with E-state index in [2.05, 4.69) is 14.9 Å². The van der Waals surface area contributed by atoms with Crippen LogP contribution in [0.2, 0.25) is 5.02 Å². The molecule has 0 amide bonds. The molecule has 1 aromatic carbocycles. The van der Waals surface area contributed by atoms with Gasteiger partial charge in [-0.25, -0.2) is 15.0 Å². The largest absolute Gasteiger partial charge is 0.355 e. The molecular weight excluding hydrogens is 420 g/mol. The molecule has 2 fully saturated rings. The lowest BCUT2D eigenvalue weighted by atomic mass is 9.77. The molecule has 29 heavy (non-hydrogen) atoms. The molecule has 3 aromatic rings. The van der Waals surface area contributed by atoms with Gasteiger partial charge in [0.15, 0.2) is 0 Å². The summed E-state index contributed by atoms with van der Waals surface area (Å²) in [4.78, 5) is 17.1. The number of hydrogen-bond donors (Lipinski definition) is 0. The second-order valence-corrected chi connectivity index (χ2v) is 10.2. The van der Waals surface area contributed by atoms with Crippen LogP contribution >= 0.6 is 34.7 Å². The van der Waals surface area contributed by atoms with Crippen molar-refractivity contribution in [3.8, 4) is 11.3 Å². The molecule has 7 heteroatoms. The van der Waals surface area contributed by atoms with E-state index in [4.69, 9.17) is 16.6 Å². The molecule has 0 N–H and O–H groups in total. The number of piperidine rings is 1. The lowest BCUT2D eigenvalue weighted by Crippen LogP contribution is -2.39. The van der Waals surface area contributed by atoms with Gasteiger partial charge in [0.05, 0.1) is 28.6 Å². The number of halogens is 1. The smallest absolute Gasteiger partial charge is 0.147 e. The van der Waals surface area contributed by atoms with E-state index in [9.17, 15) is 0 Å². The van der Waals surface area contributed by atoms with Crippen molar-refractivity contribution in [2.75, 3.05) is 18.0 Å². The molecule has 0 radical (unpaired) electrons. The molecule has 0 unspecified atom stereocenters. The fourth-order valence-electron chi connectivity index (χ4n) is 4.61. The van der Waals surface area contributed by atoms with Crippen LogP contribution in [0.5, 0.6) is 0 Å². The second kappa shape index (κ2) is 8.25. The standard InChI is InChI=1S/C22H23ClN4S2/c23-21-16(17-14-28-15-26-17)4-3-5-18(21)29-20-13-24-19(12-25-20)27-10-8-22(9-11-27)6-1-2-7-22/h3-5,12-15H,1-2,6-11H2. The number of aromatic nitrogens is 3. The SMILES string of the molecule is Clc1c(Sc2cnc(N3CCC4(CCCC4)CC3)cn2)cccc1-c1cscn1. The predicted molar refractivity (Wildman–Crippen MR) is 121 cm³/mol. The molecule has 2 aromatic heterocycles. The van der Waals surface area contributed by atoms with Crippen molar-refractivity contribution in [3.05, 3.63) is 46.5 Å². The van der Waals surface area contributed by atoms with Gasteiger partial charge in [-0.1, -0.05) is 48.3 Å². The lowest BCUT2D eigenvalue weighted by molar-refractivity contribution is 0.226. The van der Waals surface area contributed by atoms with E-state index in [-0.39, 0.29) is 0 Å². The van der Waals surface area contributed by atoms with E-state index in [1.165, 1.54) is 38.5 Å². The topological polar surface area (TPSA) is 41.9 Å². The van der Waals surface area contributed by atoms with Crippen LogP contribution in [0, 0.1) is 5.41 Å². The third-order valence-corrected chi connectivity index (χ3v) is 8.40. The summed E-state index contributed by atoms with van der Waals surface area (Å²) in [6.45, 7) is 2.20. The summed E-state index contributed by atoms with van der Waals surface area (Å²) in [5, 5.41) is 3.58. The fourth-order valence-corrected chi connectivity index (χ4v) is 6.28. The second-order valence-electron chi connectivity index (χ2n) is 8.00. The van der Waals surface area contributed by atoms with Crippen molar-refractivity contribution in [3.63, 3.8) is 0 Å². The average molecular weight is 443 g/mol. The summed E-state index contributed by atoms with van der Waals surface area (Å²) in [5.41, 5.74) is 4.31. The van der Waals surface area contributed by atoms with Gasteiger partial charge in [0.1, 0.15) is 10.8 Å². The van der Waals surface area contributed by atoms with E-state index in [0.717, 1.165) is 40.1 Å². The number of rotatable bonds is 4. The zero-order valence-electron chi connectivity index (χ0n) is 16.2. The van der Waals surface area contributed by atoms with Crippen LogP contribution in [-0.4, -0.2) is 28.0 Å². The molecule has 5 rings (SSSR count). The summed E-state index contributed by atoms with van der Waals surface area (Å²) in [6, 6.07) is 6.03. The van der Waals surface area contributed by atoms with Gasteiger partial charge in [0.2, 0.25) is 0 Å². The average Bonchev–Trinajstić information content (AvgIpc) is 3.44. The summed E-state index contributed by atoms with van der Waals surface area (Å²) in [6.07, 6.45) is 12.0. The highest BCUT2D eigenvalue weighted by atomic mass is 35.5. The monoisotopic (exact) mass is 442 g/mol. The Bertz CT molecular complexity index is 959. The van der Waals surface area contributed by atoms with Crippen LogP contribution in [0.1, 0.15) is 38.5 Å². The van der Waals surface area contributed by atoms with Crippen molar-refractivity contribution < 1.29 is 0 Å². The number of nitrogens with zero attached hydrogens (tertiary/aromatic N) is 4. The van der Waals surface area contributed by atoms with Gasteiger partial charge < -0.3 is 4.90 Å². The molecular formula is C22H23ClN4S2. The van der Waals surface area contributed by atoms with E-state index in [1.54, 1.807) is 23.1 Å². The molecule has 1 saturated carbocycles. The highest BCUT2D eigenvalue weighted by molar-refractivity contribution is 7.99. The Balaban J connectivity index is 1.27. The highest BCUT2D eigenvalue weighted by Crippen LogP contribution is 2.46. The Morgan fingerprint density at radius 2 is 1.83 bits per heavy atom. The molecule has 0 bridgehead atoms. The van der Waals surface area contributed by atoms with E-state index < -0.39 is 0 Å². The first-order chi connectivity index (χ1) is 14.2. The zero-order valence-corrected chi connectivity index (χ0v) is 18.6. The van der Waals surface area contributed by atoms with Crippen molar-refractivity contribution in [1.29, 1.82) is 0 Å². The molecule has 1 aliphatic heterocycles. The molecule has 4 nitrogen and oxygen atoms in total. The molecule has 1 aliphatic carbocycles. The number of hydrogen-bond acceptors (Lipinski definition) is 6. The minimum atomic E-state index is 0.624. The third-order valence-electron chi connectivity index (χ3n) is 6.31. The normalized spacial score (nSPS) is 18.4. The Hall–Kier alpha value is -1.63. The van der Waals surface area contributed by atoms with Gasteiger partial charge in [0, 0.05) is 28.9 Å². The Labute approximate surface area is 184 Å². The number of benzene rings is 1. The molecule has 150 valence electrons. The minimum absolute atomic E-state index is 0.624. The fraction of sp³-hybridized carbons (Fsp3) is 0.409. The van der Waals surface area contributed by atoms with Gasteiger partial charge in [-0.2, -0.15) is 0 Å². The van der Waals surface area contributed by atoms with Gasteiger partial charge in [-0.3, -0.25) is 0 Å². The summed E-state index contributed by atoms with van der Waals surface area (Å²) in [7, 11) is 0. The first-order valence-electron chi connectivity index (χ1n) is 10.1. The maximum atomic E-state index is 6.65. The maximum absolute atomic E-state index is 6.65. The van der Waals surface area contributed by atoms with Crippen molar-refractivity contribution in [2.45, 2.75) is 48.4 Å². The Morgan fingerprint density at radius 1 is 1.00 bits per heavy atom. The molecule has 2 aliphatic rings. The van der Waals surface area contributed by atoms with Gasteiger partial charge in [0.25, 0.3) is 0 Å². The maximum Gasteiger partial charge on any atom is 0.147 e. The quantitative estimate of drug-likeness (QED) is 0.457. The highest BCUT2D eigenvalue weighted by Gasteiger charge is 2.37. The molecule has 1 saturated heterocycles. The number of anilines is 1. The van der Waals surface area contributed by atoms with Crippen molar-refractivity contribution in [1.82, 2.24) is 15.0 Å². The van der Waals surface area contributed by atoms with Crippen LogP contribution < -0.4 is 4.90 Å². The number of thiazole rings is 1. The zero-order chi connectivity index (χ0) is 19.7.